The predicted molar refractivity (Wildman–Crippen MR) is 149 cm³/mol. The average molecular weight is 508 g/mol. The molecule has 0 bridgehead atoms. The molecule has 2 aromatic carbocycles. The maximum atomic E-state index is 13.0. The van der Waals surface area contributed by atoms with Gasteiger partial charge in [0.1, 0.15) is 4.32 Å². The van der Waals surface area contributed by atoms with E-state index in [0.717, 1.165) is 41.1 Å². The van der Waals surface area contributed by atoms with E-state index in [1.807, 2.05) is 59.0 Å². The van der Waals surface area contributed by atoms with Crippen molar-refractivity contribution in [3.8, 4) is 16.9 Å². The highest BCUT2D eigenvalue weighted by Gasteiger charge is 2.31. The minimum Gasteiger partial charge on any atom is -0.293 e. The van der Waals surface area contributed by atoms with Crippen LogP contribution in [0.4, 0.5) is 0 Å². The quantitative estimate of drug-likeness (QED) is 0.123. The minimum absolute atomic E-state index is 0.00969. The van der Waals surface area contributed by atoms with Crippen LogP contribution in [0.2, 0.25) is 0 Å². The summed E-state index contributed by atoms with van der Waals surface area (Å²) < 4.78 is 2.51. The van der Waals surface area contributed by atoms with Gasteiger partial charge in [-0.2, -0.15) is 5.10 Å². The number of nitrogens with zero attached hydrogens (tertiary/aromatic N) is 3. The van der Waals surface area contributed by atoms with Crippen LogP contribution >= 0.6 is 35.7 Å². The Morgan fingerprint density at radius 1 is 1.03 bits per heavy atom. The summed E-state index contributed by atoms with van der Waals surface area (Å²) in [4.78, 5) is 16.7. The molecule has 0 radical (unpaired) electrons. The van der Waals surface area contributed by atoms with Crippen molar-refractivity contribution in [2.45, 2.75) is 44.4 Å². The maximum Gasteiger partial charge on any atom is 0.266 e. The minimum atomic E-state index is -0.00969. The van der Waals surface area contributed by atoms with E-state index in [1.165, 1.54) is 29.5 Å². The average Bonchev–Trinajstić information content (AvgIpc) is 3.39. The number of carbonyl (C=O) groups excluding carboxylic acids is 1. The first-order valence-corrected chi connectivity index (χ1v) is 14.0. The fourth-order valence-electron chi connectivity index (χ4n) is 3.62. The summed E-state index contributed by atoms with van der Waals surface area (Å²) in [5.41, 5.74) is 3.77. The molecule has 3 aromatic rings. The van der Waals surface area contributed by atoms with Crippen LogP contribution in [0.15, 0.2) is 70.6 Å². The van der Waals surface area contributed by atoms with Crippen LogP contribution in [0.1, 0.15) is 45.1 Å². The standard InChI is InChI=1S/C27H29N3OS3/c1-3-5-16-29-26(31)24(34-27(29)32)18-21-19-30(22-10-8-7-9-11-22)28-25(21)20-12-14-23(15-13-20)33-17-6-4-2/h7-15,18-19H,3-6,16-17H2,1-2H3/b24-18-. The number of unbranched alkanes of at least 4 members (excludes halogenated alkanes) is 2. The van der Waals surface area contributed by atoms with Crippen LogP contribution < -0.4 is 0 Å². The van der Waals surface area contributed by atoms with Gasteiger partial charge in [0.15, 0.2) is 0 Å². The summed E-state index contributed by atoms with van der Waals surface area (Å²) >= 11 is 8.76. The molecule has 0 saturated carbocycles. The number of hydrogen-bond donors (Lipinski definition) is 0. The van der Waals surface area contributed by atoms with Crippen LogP contribution in [-0.4, -0.2) is 37.2 Å². The van der Waals surface area contributed by atoms with Crippen molar-refractivity contribution in [2.24, 2.45) is 0 Å². The molecule has 1 amide bonds. The highest BCUT2D eigenvalue weighted by molar-refractivity contribution is 8.26. The van der Waals surface area contributed by atoms with Crippen molar-refractivity contribution in [1.82, 2.24) is 14.7 Å². The zero-order valence-electron chi connectivity index (χ0n) is 19.6. The van der Waals surface area contributed by atoms with Crippen molar-refractivity contribution in [1.29, 1.82) is 0 Å². The third kappa shape index (κ3) is 5.82. The zero-order chi connectivity index (χ0) is 23.9. The molecule has 34 heavy (non-hydrogen) atoms. The maximum absolute atomic E-state index is 13.0. The molecule has 7 heteroatoms. The number of thiocarbonyl (C=S) groups is 1. The summed E-state index contributed by atoms with van der Waals surface area (Å²) in [5.74, 6) is 1.12. The smallest absolute Gasteiger partial charge is 0.266 e. The van der Waals surface area contributed by atoms with Gasteiger partial charge in [-0.1, -0.05) is 81.0 Å². The zero-order valence-corrected chi connectivity index (χ0v) is 22.0. The summed E-state index contributed by atoms with van der Waals surface area (Å²) in [6.45, 7) is 5.00. The number of thioether (sulfide) groups is 2. The Morgan fingerprint density at radius 2 is 1.76 bits per heavy atom. The van der Waals surface area contributed by atoms with Gasteiger partial charge >= 0.3 is 0 Å². The van der Waals surface area contributed by atoms with E-state index in [0.29, 0.717) is 15.8 Å². The normalized spacial score (nSPS) is 15.0. The second-order valence-corrected chi connectivity index (χ2v) is 11.0. The molecule has 2 heterocycles. The van der Waals surface area contributed by atoms with E-state index in [2.05, 4.69) is 38.1 Å². The van der Waals surface area contributed by atoms with E-state index >= 15 is 0 Å². The Hall–Kier alpha value is -2.35. The number of para-hydroxylation sites is 1. The van der Waals surface area contributed by atoms with E-state index < -0.39 is 0 Å². The van der Waals surface area contributed by atoms with Crippen LogP contribution in [0.3, 0.4) is 0 Å². The molecule has 0 N–H and O–H groups in total. The Balaban J connectivity index is 1.68. The van der Waals surface area contributed by atoms with Gasteiger partial charge in [0.05, 0.1) is 16.3 Å². The van der Waals surface area contributed by atoms with Crippen molar-refractivity contribution in [3.63, 3.8) is 0 Å². The highest BCUT2D eigenvalue weighted by atomic mass is 32.2. The first-order valence-electron chi connectivity index (χ1n) is 11.7. The number of amides is 1. The molecular weight excluding hydrogens is 479 g/mol. The lowest BCUT2D eigenvalue weighted by Crippen LogP contribution is -2.28. The molecule has 1 saturated heterocycles. The third-order valence-electron chi connectivity index (χ3n) is 5.55. The molecular formula is C27H29N3OS3. The van der Waals surface area contributed by atoms with Crippen LogP contribution in [0.25, 0.3) is 23.0 Å². The Kier molecular flexibility index (Phi) is 8.64. The van der Waals surface area contributed by atoms with Crippen molar-refractivity contribution in [3.05, 3.63) is 71.3 Å². The molecule has 1 fully saturated rings. The molecule has 0 atom stereocenters. The molecule has 0 spiro atoms. The summed E-state index contributed by atoms with van der Waals surface area (Å²) in [6.07, 6.45) is 8.32. The second kappa shape index (κ2) is 11.9. The highest BCUT2D eigenvalue weighted by Crippen LogP contribution is 2.35. The van der Waals surface area contributed by atoms with Crippen LogP contribution in [0, 0.1) is 0 Å². The molecule has 1 aromatic heterocycles. The predicted octanol–water partition coefficient (Wildman–Crippen LogP) is 7.43. The van der Waals surface area contributed by atoms with Crippen LogP contribution in [0.5, 0.6) is 0 Å². The SMILES string of the molecule is CCCCSc1ccc(-c2nn(-c3ccccc3)cc2/C=C2\SC(=S)N(CCCC)C2=O)cc1. The Morgan fingerprint density at radius 3 is 2.47 bits per heavy atom. The van der Waals surface area contributed by atoms with Gasteiger partial charge in [-0.15, -0.1) is 11.8 Å². The monoisotopic (exact) mass is 507 g/mol. The molecule has 176 valence electrons. The number of rotatable bonds is 10. The molecule has 4 nitrogen and oxygen atoms in total. The Bertz CT molecular complexity index is 1170. The topological polar surface area (TPSA) is 38.1 Å². The third-order valence-corrected chi connectivity index (χ3v) is 8.03. The molecule has 1 aliphatic rings. The first-order chi connectivity index (χ1) is 16.6. The van der Waals surface area contributed by atoms with Crippen molar-refractivity contribution < 1.29 is 4.79 Å². The fraction of sp³-hybridized carbons (Fsp3) is 0.296. The van der Waals surface area contributed by atoms with Gasteiger partial charge in [0, 0.05) is 28.8 Å². The van der Waals surface area contributed by atoms with Crippen LogP contribution in [-0.2, 0) is 4.79 Å². The lowest BCUT2D eigenvalue weighted by Gasteiger charge is -2.12. The van der Waals surface area contributed by atoms with Gasteiger partial charge in [-0.25, -0.2) is 4.68 Å². The van der Waals surface area contributed by atoms with E-state index in [4.69, 9.17) is 17.3 Å². The van der Waals surface area contributed by atoms with Gasteiger partial charge in [0.2, 0.25) is 0 Å². The van der Waals surface area contributed by atoms with Gasteiger partial charge < -0.3 is 0 Å². The summed E-state index contributed by atoms with van der Waals surface area (Å²) in [6, 6.07) is 18.6. The lowest BCUT2D eigenvalue weighted by atomic mass is 10.1. The first kappa shape index (κ1) is 24.8. The molecule has 1 aliphatic heterocycles. The van der Waals surface area contributed by atoms with Gasteiger partial charge in [-0.3, -0.25) is 9.69 Å². The fourth-order valence-corrected chi connectivity index (χ4v) is 5.92. The van der Waals surface area contributed by atoms with E-state index in [1.54, 1.807) is 4.90 Å². The largest absolute Gasteiger partial charge is 0.293 e. The second-order valence-electron chi connectivity index (χ2n) is 8.13. The Labute approximate surface area is 215 Å². The van der Waals surface area contributed by atoms with Crippen molar-refractivity contribution >= 4 is 52.0 Å². The summed E-state index contributed by atoms with van der Waals surface area (Å²) in [5, 5.41) is 4.91. The molecule has 0 unspecified atom stereocenters. The lowest BCUT2D eigenvalue weighted by molar-refractivity contribution is -0.122. The number of carbonyl (C=O) groups is 1. The molecule has 4 rings (SSSR count). The number of benzene rings is 2. The molecule has 0 aliphatic carbocycles. The van der Waals surface area contributed by atoms with E-state index in [-0.39, 0.29) is 5.91 Å². The number of aromatic nitrogens is 2. The van der Waals surface area contributed by atoms with E-state index in [9.17, 15) is 4.79 Å². The van der Waals surface area contributed by atoms with Gasteiger partial charge in [0.25, 0.3) is 5.91 Å². The van der Waals surface area contributed by atoms with Crippen molar-refractivity contribution in [2.75, 3.05) is 12.3 Å². The van der Waals surface area contributed by atoms with Gasteiger partial charge in [-0.05, 0) is 48.9 Å². The summed E-state index contributed by atoms with van der Waals surface area (Å²) in [7, 11) is 0. The number of hydrogen-bond acceptors (Lipinski definition) is 5.